The molecule has 0 heterocycles. The van der Waals surface area contributed by atoms with Crippen LogP contribution in [0.25, 0.3) is 6.08 Å². The molecule has 1 N–H and O–H groups in total. The van der Waals surface area contributed by atoms with Gasteiger partial charge in [-0.05, 0) is 54.0 Å². The fourth-order valence-corrected chi connectivity index (χ4v) is 3.20. The van der Waals surface area contributed by atoms with Crippen molar-refractivity contribution in [2.45, 2.75) is 40.0 Å². The molecule has 1 saturated carbocycles. The Morgan fingerprint density at radius 2 is 2.05 bits per heavy atom. The van der Waals surface area contributed by atoms with Crippen LogP contribution >= 0.6 is 11.6 Å². The summed E-state index contributed by atoms with van der Waals surface area (Å²) < 4.78 is 5.11. The second-order valence-electron chi connectivity index (χ2n) is 6.90. The Hall–Kier alpha value is -1.48. The molecule has 22 heavy (non-hydrogen) atoms. The van der Waals surface area contributed by atoms with Crippen LogP contribution in [0.1, 0.15) is 45.6 Å². The van der Waals surface area contributed by atoms with Gasteiger partial charge in [0.1, 0.15) is 0 Å². The van der Waals surface area contributed by atoms with Gasteiger partial charge in [-0.3, -0.25) is 4.79 Å². The largest absolute Gasteiger partial charge is 0.503 e. The van der Waals surface area contributed by atoms with Gasteiger partial charge in [-0.25, -0.2) is 0 Å². The first-order valence-corrected chi connectivity index (χ1v) is 7.93. The first kappa shape index (κ1) is 16.9. The third kappa shape index (κ3) is 3.46. The van der Waals surface area contributed by atoms with Crippen LogP contribution < -0.4 is 4.74 Å². The Morgan fingerprint density at radius 1 is 1.36 bits per heavy atom. The average Bonchev–Trinajstić information content (AvgIpc) is 2.43. The smallest absolute Gasteiger partial charge is 0.176 e. The molecule has 0 unspecified atom stereocenters. The summed E-state index contributed by atoms with van der Waals surface area (Å²) in [6, 6.07) is 3.35. The summed E-state index contributed by atoms with van der Waals surface area (Å²) in [4.78, 5) is 12.7. The SMILES string of the molecule is COc1cc(/C=C2\CCC[C@H](C(C)(C)C)C2=O)cc(Cl)c1O. The summed E-state index contributed by atoms with van der Waals surface area (Å²) >= 11 is 6.01. The number of hydrogen-bond acceptors (Lipinski definition) is 3. The zero-order valence-electron chi connectivity index (χ0n) is 13.6. The number of rotatable bonds is 2. The molecule has 0 aliphatic heterocycles. The molecule has 0 amide bonds. The number of allylic oxidation sites excluding steroid dienone is 1. The summed E-state index contributed by atoms with van der Waals surface area (Å²) in [6.07, 6.45) is 4.61. The highest BCUT2D eigenvalue weighted by Gasteiger charge is 2.35. The quantitative estimate of drug-likeness (QED) is 0.791. The molecule has 1 aromatic carbocycles. The molecule has 1 aliphatic carbocycles. The number of methoxy groups -OCH3 is 1. The molecule has 1 fully saturated rings. The van der Waals surface area contributed by atoms with E-state index in [0.29, 0.717) is 5.75 Å². The van der Waals surface area contributed by atoms with Crippen molar-refractivity contribution in [3.63, 3.8) is 0 Å². The fraction of sp³-hybridized carbons (Fsp3) is 0.500. The van der Waals surface area contributed by atoms with E-state index in [4.69, 9.17) is 16.3 Å². The number of ether oxygens (including phenoxy) is 1. The lowest BCUT2D eigenvalue weighted by atomic mass is 9.70. The van der Waals surface area contributed by atoms with Crippen molar-refractivity contribution >= 4 is 23.5 Å². The summed E-state index contributed by atoms with van der Waals surface area (Å²) in [7, 11) is 1.48. The van der Waals surface area contributed by atoms with Gasteiger partial charge in [0.05, 0.1) is 12.1 Å². The second-order valence-corrected chi connectivity index (χ2v) is 7.31. The van der Waals surface area contributed by atoms with E-state index >= 15 is 0 Å². The Labute approximate surface area is 136 Å². The number of phenolic OH excluding ortho intramolecular Hbond substituents is 1. The molecule has 0 bridgehead atoms. The van der Waals surface area contributed by atoms with Gasteiger partial charge in [-0.2, -0.15) is 0 Å². The van der Waals surface area contributed by atoms with Gasteiger partial charge in [0.2, 0.25) is 0 Å². The maximum atomic E-state index is 12.7. The summed E-state index contributed by atoms with van der Waals surface area (Å²) in [5.74, 6) is 0.521. The van der Waals surface area contributed by atoms with Crippen molar-refractivity contribution in [3.05, 3.63) is 28.3 Å². The van der Waals surface area contributed by atoms with Gasteiger partial charge < -0.3 is 9.84 Å². The molecule has 1 aliphatic rings. The van der Waals surface area contributed by atoms with Crippen LogP contribution in [-0.4, -0.2) is 18.0 Å². The first-order valence-electron chi connectivity index (χ1n) is 7.55. The van der Waals surface area contributed by atoms with E-state index in [9.17, 15) is 9.90 Å². The van der Waals surface area contributed by atoms with Crippen LogP contribution in [0.4, 0.5) is 0 Å². The molecule has 3 nitrogen and oxygen atoms in total. The molecule has 0 spiro atoms. The third-order valence-corrected chi connectivity index (χ3v) is 4.52. The number of phenols is 1. The van der Waals surface area contributed by atoms with Gasteiger partial charge >= 0.3 is 0 Å². The average molecular weight is 323 g/mol. The van der Waals surface area contributed by atoms with E-state index in [2.05, 4.69) is 20.8 Å². The normalized spacial score (nSPS) is 21.2. The molecule has 1 atom stereocenters. The zero-order valence-corrected chi connectivity index (χ0v) is 14.3. The minimum absolute atomic E-state index is 0.0269. The molecule has 0 radical (unpaired) electrons. The fourth-order valence-electron chi connectivity index (χ4n) is 2.98. The number of benzene rings is 1. The second kappa shape index (κ2) is 6.33. The molecular formula is C18H23ClO3. The Balaban J connectivity index is 2.36. The van der Waals surface area contributed by atoms with Crippen molar-refractivity contribution in [2.24, 2.45) is 11.3 Å². The molecule has 1 aromatic rings. The van der Waals surface area contributed by atoms with Crippen molar-refractivity contribution in [1.82, 2.24) is 0 Å². The van der Waals surface area contributed by atoms with Crippen LogP contribution in [0.2, 0.25) is 5.02 Å². The molecule has 0 saturated heterocycles. The van der Waals surface area contributed by atoms with Crippen LogP contribution in [0.15, 0.2) is 17.7 Å². The minimum Gasteiger partial charge on any atom is -0.503 e. The molecule has 0 aromatic heterocycles. The van der Waals surface area contributed by atoms with E-state index in [0.717, 1.165) is 30.4 Å². The van der Waals surface area contributed by atoms with Crippen molar-refractivity contribution in [1.29, 1.82) is 0 Å². The van der Waals surface area contributed by atoms with E-state index in [1.54, 1.807) is 12.1 Å². The summed E-state index contributed by atoms with van der Waals surface area (Å²) in [6.45, 7) is 6.33. The van der Waals surface area contributed by atoms with E-state index in [1.807, 2.05) is 6.08 Å². The van der Waals surface area contributed by atoms with Crippen LogP contribution in [0, 0.1) is 11.3 Å². The molecule has 120 valence electrons. The summed E-state index contributed by atoms with van der Waals surface area (Å²) in [5.41, 5.74) is 1.58. The van der Waals surface area contributed by atoms with Gasteiger partial charge in [0, 0.05) is 5.92 Å². The van der Waals surface area contributed by atoms with Gasteiger partial charge in [-0.1, -0.05) is 32.4 Å². The number of carbonyl (C=O) groups excluding carboxylic acids is 1. The third-order valence-electron chi connectivity index (χ3n) is 4.23. The highest BCUT2D eigenvalue weighted by atomic mass is 35.5. The number of aromatic hydroxyl groups is 1. The number of halogens is 1. The van der Waals surface area contributed by atoms with Gasteiger partial charge in [0.15, 0.2) is 17.3 Å². The maximum Gasteiger partial charge on any atom is 0.176 e. The van der Waals surface area contributed by atoms with Crippen LogP contribution in [-0.2, 0) is 4.79 Å². The van der Waals surface area contributed by atoms with E-state index in [1.165, 1.54) is 7.11 Å². The highest BCUT2D eigenvalue weighted by Crippen LogP contribution is 2.39. The van der Waals surface area contributed by atoms with E-state index < -0.39 is 0 Å². The maximum absolute atomic E-state index is 12.7. The lowest BCUT2D eigenvalue weighted by Crippen LogP contribution is -2.32. The summed E-state index contributed by atoms with van der Waals surface area (Å²) in [5, 5.41) is 10.0. The van der Waals surface area contributed by atoms with Gasteiger partial charge in [-0.15, -0.1) is 0 Å². The highest BCUT2D eigenvalue weighted by molar-refractivity contribution is 6.32. The number of carbonyl (C=O) groups is 1. The van der Waals surface area contributed by atoms with E-state index in [-0.39, 0.29) is 27.9 Å². The number of hydrogen-bond donors (Lipinski definition) is 1. The zero-order chi connectivity index (χ0) is 16.5. The number of Topliss-reactive ketones (excluding diaryl/α,β-unsaturated/α-hetero) is 1. The molecule has 2 rings (SSSR count). The van der Waals surface area contributed by atoms with Crippen molar-refractivity contribution in [3.8, 4) is 11.5 Å². The lowest BCUT2D eigenvalue weighted by Gasteiger charge is -2.33. The monoisotopic (exact) mass is 322 g/mol. The van der Waals surface area contributed by atoms with Crippen LogP contribution in [0.5, 0.6) is 11.5 Å². The van der Waals surface area contributed by atoms with Crippen molar-refractivity contribution < 1.29 is 14.6 Å². The standard InChI is InChI=1S/C18H23ClO3/c1-18(2,3)13-7-5-6-12(16(13)20)8-11-9-14(19)17(21)15(10-11)22-4/h8-10,13,21H,5-7H2,1-4H3/b12-8+/t13-/m0/s1. The van der Waals surface area contributed by atoms with Crippen molar-refractivity contribution in [2.75, 3.05) is 7.11 Å². The van der Waals surface area contributed by atoms with Crippen LogP contribution in [0.3, 0.4) is 0 Å². The first-order chi connectivity index (χ1) is 10.2. The number of ketones is 1. The Kier molecular flexibility index (Phi) is 4.86. The Bertz CT molecular complexity index is 611. The molecule has 4 heteroatoms. The minimum atomic E-state index is -0.0751. The van der Waals surface area contributed by atoms with Gasteiger partial charge in [0.25, 0.3) is 0 Å². The Morgan fingerprint density at radius 3 is 2.64 bits per heavy atom. The predicted octanol–water partition coefficient (Wildman–Crippen LogP) is 4.85. The topological polar surface area (TPSA) is 46.5 Å². The lowest BCUT2D eigenvalue weighted by molar-refractivity contribution is -0.123. The molecular weight excluding hydrogens is 300 g/mol. The predicted molar refractivity (Wildman–Crippen MR) is 89.4 cm³/mol.